The number of piperidine rings is 1. The predicted octanol–water partition coefficient (Wildman–Crippen LogP) is 1.83. The summed E-state index contributed by atoms with van der Waals surface area (Å²) in [6.07, 6.45) is 2.10. The van der Waals surface area contributed by atoms with Crippen LogP contribution in [0.4, 0.5) is 5.69 Å². The predicted molar refractivity (Wildman–Crippen MR) is 101 cm³/mol. The van der Waals surface area contributed by atoms with Crippen LogP contribution < -0.4 is 10.6 Å². The minimum absolute atomic E-state index is 0.0295. The summed E-state index contributed by atoms with van der Waals surface area (Å²) >= 11 is 0. The Morgan fingerprint density at radius 3 is 2.65 bits per heavy atom. The molecule has 8 heteroatoms. The van der Waals surface area contributed by atoms with Gasteiger partial charge in [0.2, 0.25) is 15.9 Å². The summed E-state index contributed by atoms with van der Waals surface area (Å²) in [6, 6.07) is 6.84. The molecule has 144 valence electrons. The number of carbonyl (C=O) groups excluding carboxylic acids is 2. The third-order valence-electron chi connectivity index (χ3n) is 4.48. The molecule has 0 spiro atoms. The van der Waals surface area contributed by atoms with Crippen molar-refractivity contribution in [2.75, 3.05) is 30.7 Å². The summed E-state index contributed by atoms with van der Waals surface area (Å²) in [5, 5.41) is 5.60. The zero-order valence-electron chi connectivity index (χ0n) is 15.3. The van der Waals surface area contributed by atoms with Crippen molar-refractivity contribution in [1.29, 1.82) is 0 Å². The highest BCUT2D eigenvalue weighted by Crippen LogP contribution is 2.22. The van der Waals surface area contributed by atoms with E-state index in [0.717, 1.165) is 6.42 Å². The van der Waals surface area contributed by atoms with E-state index in [1.165, 1.54) is 4.31 Å². The van der Waals surface area contributed by atoms with Crippen LogP contribution in [-0.2, 0) is 14.8 Å². The molecule has 0 unspecified atom stereocenters. The number of nitrogens with one attached hydrogen (secondary N) is 2. The Bertz CT molecular complexity index is 749. The zero-order chi connectivity index (χ0) is 19.2. The first kappa shape index (κ1) is 20.4. The smallest absolute Gasteiger partial charge is 0.253 e. The molecule has 2 amide bonds. The lowest BCUT2D eigenvalue weighted by molar-refractivity contribution is -0.120. The molecule has 26 heavy (non-hydrogen) atoms. The molecule has 2 rings (SSSR count). The lowest BCUT2D eigenvalue weighted by atomic mass is 9.98. The largest absolute Gasteiger partial charge is 0.352 e. The van der Waals surface area contributed by atoms with E-state index in [9.17, 15) is 18.0 Å². The van der Waals surface area contributed by atoms with Crippen molar-refractivity contribution in [3.05, 3.63) is 29.8 Å². The van der Waals surface area contributed by atoms with E-state index >= 15 is 0 Å². The Hall–Kier alpha value is -1.93. The van der Waals surface area contributed by atoms with E-state index in [1.54, 1.807) is 31.2 Å². The van der Waals surface area contributed by atoms with Gasteiger partial charge in [0.15, 0.2) is 0 Å². The Morgan fingerprint density at radius 1 is 1.23 bits per heavy atom. The SMILES string of the molecule is CCCNC(=O)c1ccccc1NC(=O)[C@H]1CCCN(S(=O)(=O)CC)C1. The second-order valence-corrected chi connectivity index (χ2v) is 8.65. The Kier molecular flexibility index (Phi) is 7.16. The molecule has 1 heterocycles. The number of anilines is 1. The first-order valence-corrected chi connectivity index (χ1v) is 10.7. The molecule has 1 aromatic rings. The van der Waals surface area contributed by atoms with E-state index in [-0.39, 0.29) is 24.1 Å². The maximum absolute atomic E-state index is 12.7. The molecule has 1 fully saturated rings. The maximum Gasteiger partial charge on any atom is 0.253 e. The minimum Gasteiger partial charge on any atom is -0.352 e. The second kappa shape index (κ2) is 9.14. The van der Waals surface area contributed by atoms with Crippen LogP contribution in [0.25, 0.3) is 0 Å². The molecule has 1 saturated heterocycles. The van der Waals surface area contributed by atoms with Crippen LogP contribution in [0.5, 0.6) is 0 Å². The Labute approximate surface area is 155 Å². The quantitative estimate of drug-likeness (QED) is 0.753. The first-order valence-electron chi connectivity index (χ1n) is 9.05. The van der Waals surface area contributed by atoms with E-state index < -0.39 is 15.9 Å². The minimum atomic E-state index is -3.30. The van der Waals surface area contributed by atoms with Crippen molar-refractivity contribution >= 4 is 27.5 Å². The van der Waals surface area contributed by atoms with Gasteiger partial charge in [0.05, 0.1) is 22.9 Å². The third-order valence-corrected chi connectivity index (χ3v) is 6.33. The molecule has 0 saturated carbocycles. The molecule has 0 aromatic heterocycles. The Balaban J connectivity index is 2.09. The fraction of sp³-hybridized carbons (Fsp3) is 0.556. The fourth-order valence-electron chi connectivity index (χ4n) is 2.95. The lowest BCUT2D eigenvalue weighted by Crippen LogP contribution is -2.44. The van der Waals surface area contributed by atoms with Gasteiger partial charge in [-0.25, -0.2) is 12.7 Å². The summed E-state index contributed by atoms with van der Waals surface area (Å²) in [4.78, 5) is 24.9. The molecule has 0 radical (unpaired) electrons. The van der Waals surface area contributed by atoms with Crippen molar-refractivity contribution in [3.63, 3.8) is 0 Å². The van der Waals surface area contributed by atoms with Gasteiger partial charge in [0.1, 0.15) is 0 Å². The normalized spacial score (nSPS) is 18.3. The van der Waals surface area contributed by atoms with Gasteiger partial charge >= 0.3 is 0 Å². The molecule has 1 aliphatic heterocycles. The van der Waals surface area contributed by atoms with E-state index in [1.807, 2.05) is 6.92 Å². The number of rotatable bonds is 7. The number of para-hydroxylation sites is 1. The van der Waals surface area contributed by atoms with Crippen molar-refractivity contribution in [2.45, 2.75) is 33.1 Å². The maximum atomic E-state index is 12.7. The van der Waals surface area contributed by atoms with Gasteiger partial charge in [0, 0.05) is 19.6 Å². The van der Waals surface area contributed by atoms with Crippen LogP contribution in [0.2, 0.25) is 0 Å². The molecule has 1 atom stereocenters. The number of amides is 2. The monoisotopic (exact) mass is 381 g/mol. The van der Waals surface area contributed by atoms with Crippen LogP contribution in [0.1, 0.15) is 43.5 Å². The molecule has 1 aromatic carbocycles. The highest BCUT2D eigenvalue weighted by molar-refractivity contribution is 7.89. The first-order chi connectivity index (χ1) is 12.4. The number of nitrogens with zero attached hydrogens (tertiary/aromatic N) is 1. The van der Waals surface area contributed by atoms with Crippen LogP contribution in [0.15, 0.2) is 24.3 Å². The summed E-state index contributed by atoms with van der Waals surface area (Å²) in [6.45, 7) is 4.77. The number of hydrogen-bond donors (Lipinski definition) is 2. The van der Waals surface area contributed by atoms with Gasteiger partial charge < -0.3 is 10.6 Å². The zero-order valence-corrected chi connectivity index (χ0v) is 16.1. The van der Waals surface area contributed by atoms with Crippen LogP contribution >= 0.6 is 0 Å². The van der Waals surface area contributed by atoms with E-state index in [4.69, 9.17) is 0 Å². The van der Waals surface area contributed by atoms with Gasteiger partial charge in [-0.2, -0.15) is 0 Å². The number of sulfonamides is 1. The molecule has 0 bridgehead atoms. The molecule has 2 N–H and O–H groups in total. The summed E-state index contributed by atoms with van der Waals surface area (Å²) in [5.41, 5.74) is 0.852. The number of carbonyl (C=O) groups is 2. The number of benzene rings is 1. The van der Waals surface area contributed by atoms with Crippen molar-refractivity contribution < 1.29 is 18.0 Å². The van der Waals surface area contributed by atoms with Crippen LogP contribution in [0, 0.1) is 5.92 Å². The topological polar surface area (TPSA) is 95.6 Å². The molecular formula is C18H27N3O4S. The summed E-state index contributed by atoms with van der Waals surface area (Å²) < 4.78 is 25.5. The molecule has 1 aliphatic rings. The van der Waals surface area contributed by atoms with Gasteiger partial charge in [0.25, 0.3) is 5.91 Å². The second-order valence-electron chi connectivity index (χ2n) is 6.39. The summed E-state index contributed by atoms with van der Waals surface area (Å²) in [7, 11) is -3.30. The average Bonchev–Trinajstić information content (AvgIpc) is 2.66. The molecule has 0 aliphatic carbocycles. The highest BCUT2D eigenvalue weighted by atomic mass is 32.2. The standard InChI is InChI=1S/C18H27N3O4S/c1-3-11-19-18(23)15-9-5-6-10-16(15)20-17(22)14-8-7-12-21(13-14)26(24,25)4-2/h5-6,9-10,14H,3-4,7-8,11-13H2,1-2H3,(H,19,23)(H,20,22)/t14-/m0/s1. The van der Waals surface area contributed by atoms with Gasteiger partial charge in [-0.1, -0.05) is 19.1 Å². The van der Waals surface area contributed by atoms with Gasteiger partial charge in [-0.05, 0) is 38.3 Å². The van der Waals surface area contributed by atoms with E-state index in [2.05, 4.69) is 10.6 Å². The van der Waals surface area contributed by atoms with Gasteiger partial charge in [-0.15, -0.1) is 0 Å². The lowest BCUT2D eigenvalue weighted by Gasteiger charge is -2.31. The number of hydrogen-bond acceptors (Lipinski definition) is 4. The van der Waals surface area contributed by atoms with Crippen LogP contribution in [0.3, 0.4) is 0 Å². The van der Waals surface area contributed by atoms with Gasteiger partial charge in [-0.3, -0.25) is 9.59 Å². The molecule has 7 nitrogen and oxygen atoms in total. The van der Waals surface area contributed by atoms with Crippen molar-refractivity contribution in [1.82, 2.24) is 9.62 Å². The Morgan fingerprint density at radius 2 is 1.96 bits per heavy atom. The van der Waals surface area contributed by atoms with E-state index in [0.29, 0.717) is 37.2 Å². The fourth-order valence-corrected chi connectivity index (χ4v) is 4.13. The van der Waals surface area contributed by atoms with Crippen molar-refractivity contribution in [2.24, 2.45) is 5.92 Å². The third kappa shape index (κ3) is 5.04. The van der Waals surface area contributed by atoms with Crippen LogP contribution in [-0.4, -0.2) is 49.9 Å². The summed E-state index contributed by atoms with van der Waals surface area (Å²) in [5.74, 6) is -0.878. The average molecular weight is 381 g/mol. The van der Waals surface area contributed by atoms with Crippen molar-refractivity contribution in [3.8, 4) is 0 Å². The highest BCUT2D eigenvalue weighted by Gasteiger charge is 2.31. The molecular weight excluding hydrogens is 354 g/mol.